The molecule has 0 fully saturated rings. The van der Waals surface area contributed by atoms with E-state index < -0.39 is 0 Å². The van der Waals surface area contributed by atoms with Gasteiger partial charge in [0, 0.05) is 6.20 Å². The van der Waals surface area contributed by atoms with Gasteiger partial charge in [0.05, 0.1) is 28.3 Å². The van der Waals surface area contributed by atoms with Gasteiger partial charge in [-0.15, -0.1) is 11.8 Å². The summed E-state index contributed by atoms with van der Waals surface area (Å²) in [7, 11) is 0. The van der Waals surface area contributed by atoms with Gasteiger partial charge in [0.1, 0.15) is 11.4 Å². The van der Waals surface area contributed by atoms with Gasteiger partial charge in [-0.3, -0.25) is 2.78 Å². The summed E-state index contributed by atoms with van der Waals surface area (Å²) in [5, 5.41) is 2.42. The minimum Gasteiger partial charge on any atom is -0.273 e. The average Bonchev–Trinajstić information content (AvgIpc) is 2.41. The standard InChI is InChI=1S/C9H8IN3S/c10-13-4-6-2-1-3-14-9-7(6)8(13)11-5-12-9/h4-5H,1-3H2. The molecule has 0 saturated carbocycles. The summed E-state index contributed by atoms with van der Waals surface area (Å²) in [5.74, 6) is 1.17. The molecule has 2 aromatic heterocycles. The largest absolute Gasteiger partial charge is 0.273 e. The quantitative estimate of drug-likeness (QED) is 0.553. The van der Waals surface area contributed by atoms with E-state index in [4.69, 9.17) is 0 Å². The molecule has 0 radical (unpaired) electrons. The third kappa shape index (κ3) is 1.25. The maximum atomic E-state index is 4.35. The summed E-state index contributed by atoms with van der Waals surface area (Å²) in [6.45, 7) is 0. The zero-order valence-electron chi connectivity index (χ0n) is 7.40. The molecule has 2 aromatic rings. The summed E-state index contributed by atoms with van der Waals surface area (Å²) in [5.41, 5.74) is 2.45. The van der Waals surface area contributed by atoms with E-state index >= 15 is 0 Å². The molecule has 0 spiro atoms. The second-order valence-corrected chi connectivity index (χ2v) is 5.42. The van der Waals surface area contributed by atoms with Gasteiger partial charge in [-0.25, -0.2) is 9.97 Å². The minimum absolute atomic E-state index is 1.06. The molecule has 0 N–H and O–H groups in total. The van der Waals surface area contributed by atoms with Crippen LogP contribution in [0.2, 0.25) is 0 Å². The molecule has 0 unspecified atom stereocenters. The third-order valence-electron chi connectivity index (χ3n) is 2.41. The lowest BCUT2D eigenvalue weighted by molar-refractivity contribution is 0.945. The molecule has 0 bridgehead atoms. The van der Waals surface area contributed by atoms with E-state index in [1.165, 1.54) is 23.1 Å². The molecule has 3 rings (SSSR count). The van der Waals surface area contributed by atoms with Crippen molar-refractivity contribution in [3.8, 4) is 0 Å². The van der Waals surface area contributed by atoms with Gasteiger partial charge in [0.15, 0.2) is 5.65 Å². The number of aryl methyl sites for hydroxylation is 1. The number of hydrogen-bond donors (Lipinski definition) is 0. The Balaban J connectivity index is 2.42. The maximum absolute atomic E-state index is 4.35. The van der Waals surface area contributed by atoms with Crippen LogP contribution < -0.4 is 0 Å². The number of aromatic nitrogens is 3. The first-order chi connectivity index (χ1) is 6.86. The monoisotopic (exact) mass is 317 g/mol. The van der Waals surface area contributed by atoms with E-state index in [0.29, 0.717) is 0 Å². The van der Waals surface area contributed by atoms with Crippen molar-refractivity contribution in [2.45, 2.75) is 17.9 Å². The van der Waals surface area contributed by atoms with Crippen molar-refractivity contribution in [2.24, 2.45) is 0 Å². The van der Waals surface area contributed by atoms with Crippen molar-refractivity contribution in [1.82, 2.24) is 12.7 Å². The second-order valence-electron chi connectivity index (χ2n) is 3.29. The fourth-order valence-electron chi connectivity index (χ4n) is 1.80. The van der Waals surface area contributed by atoms with Crippen LogP contribution in [0.15, 0.2) is 17.6 Å². The van der Waals surface area contributed by atoms with Gasteiger partial charge >= 0.3 is 0 Å². The number of nitrogens with zero attached hydrogens (tertiary/aromatic N) is 3. The average molecular weight is 317 g/mol. The van der Waals surface area contributed by atoms with E-state index in [-0.39, 0.29) is 0 Å². The van der Waals surface area contributed by atoms with Crippen LogP contribution in [-0.4, -0.2) is 18.5 Å². The van der Waals surface area contributed by atoms with Gasteiger partial charge < -0.3 is 0 Å². The smallest absolute Gasteiger partial charge is 0.153 e. The van der Waals surface area contributed by atoms with E-state index in [2.05, 4.69) is 41.8 Å². The normalized spacial score (nSPS) is 15.8. The van der Waals surface area contributed by atoms with Crippen molar-refractivity contribution in [3.63, 3.8) is 0 Å². The van der Waals surface area contributed by atoms with Crippen LogP contribution in [0, 0.1) is 0 Å². The molecular weight excluding hydrogens is 309 g/mol. The van der Waals surface area contributed by atoms with E-state index in [9.17, 15) is 0 Å². The molecule has 0 amide bonds. The van der Waals surface area contributed by atoms with E-state index in [0.717, 1.165) is 17.1 Å². The van der Waals surface area contributed by atoms with Crippen molar-refractivity contribution < 1.29 is 0 Å². The second kappa shape index (κ2) is 3.37. The summed E-state index contributed by atoms with van der Waals surface area (Å²) in [6, 6.07) is 0. The van der Waals surface area contributed by atoms with Crippen molar-refractivity contribution >= 4 is 45.7 Å². The summed E-state index contributed by atoms with van der Waals surface area (Å²) >= 11 is 4.12. The molecule has 3 heterocycles. The third-order valence-corrected chi connectivity index (χ3v) is 4.23. The Morgan fingerprint density at radius 2 is 2.36 bits per heavy atom. The molecule has 0 atom stereocenters. The van der Waals surface area contributed by atoms with E-state index in [1.54, 1.807) is 6.33 Å². The van der Waals surface area contributed by atoms with Gasteiger partial charge in [-0.2, -0.15) is 0 Å². The Hall–Kier alpha value is -0.300. The maximum Gasteiger partial charge on any atom is 0.153 e. The highest BCUT2D eigenvalue weighted by molar-refractivity contribution is 14.1. The predicted octanol–water partition coefficient (Wildman–Crippen LogP) is 2.67. The SMILES string of the molecule is In1cc2c3c(ncnc31)SCCC2. The molecule has 0 aromatic carbocycles. The lowest BCUT2D eigenvalue weighted by Crippen LogP contribution is -1.86. The molecule has 1 aliphatic rings. The lowest BCUT2D eigenvalue weighted by Gasteiger charge is -1.98. The van der Waals surface area contributed by atoms with Crippen LogP contribution in [0.5, 0.6) is 0 Å². The molecule has 0 saturated heterocycles. The van der Waals surface area contributed by atoms with Crippen LogP contribution in [0.4, 0.5) is 0 Å². The molecule has 72 valence electrons. The Bertz CT molecular complexity index is 494. The van der Waals surface area contributed by atoms with Crippen LogP contribution >= 0.6 is 34.6 Å². The molecule has 0 aliphatic carbocycles. The highest BCUT2D eigenvalue weighted by Gasteiger charge is 2.16. The topological polar surface area (TPSA) is 30.7 Å². The summed E-state index contributed by atoms with van der Waals surface area (Å²) in [6.07, 6.45) is 6.22. The lowest BCUT2D eigenvalue weighted by atomic mass is 10.1. The Labute approximate surface area is 99.8 Å². The molecular formula is C9H8IN3S. The minimum atomic E-state index is 1.06. The Morgan fingerprint density at radius 3 is 3.29 bits per heavy atom. The zero-order valence-corrected chi connectivity index (χ0v) is 10.4. The first kappa shape index (κ1) is 8.96. The Morgan fingerprint density at radius 1 is 1.43 bits per heavy atom. The van der Waals surface area contributed by atoms with Crippen molar-refractivity contribution in [1.29, 1.82) is 0 Å². The molecule has 3 nitrogen and oxygen atoms in total. The highest BCUT2D eigenvalue weighted by atomic mass is 127. The number of thioether (sulfide) groups is 1. The first-order valence-electron chi connectivity index (χ1n) is 4.50. The fraction of sp³-hybridized carbons (Fsp3) is 0.333. The number of hydrogen-bond acceptors (Lipinski definition) is 3. The number of rotatable bonds is 0. The summed E-state index contributed by atoms with van der Waals surface area (Å²) < 4.78 is 2.07. The highest BCUT2D eigenvalue weighted by Crippen LogP contribution is 2.33. The van der Waals surface area contributed by atoms with Crippen LogP contribution in [0.1, 0.15) is 12.0 Å². The zero-order chi connectivity index (χ0) is 9.54. The Kier molecular flexibility index (Phi) is 2.16. The molecule has 1 aliphatic heterocycles. The van der Waals surface area contributed by atoms with Crippen LogP contribution in [0.3, 0.4) is 0 Å². The van der Waals surface area contributed by atoms with Crippen LogP contribution in [0.25, 0.3) is 11.0 Å². The summed E-state index contributed by atoms with van der Waals surface area (Å²) in [4.78, 5) is 8.66. The van der Waals surface area contributed by atoms with Gasteiger partial charge in [0.25, 0.3) is 0 Å². The van der Waals surface area contributed by atoms with Gasteiger partial charge in [0.2, 0.25) is 0 Å². The van der Waals surface area contributed by atoms with Gasteiger partial charge in [-0.1, -0.05) is 0 Å². The fourth-order valence-corrected chi connectivity index (χ4v) is 3.47. The van der Waals surface area contributed by atoms with Crippen molar-refractivity contribution in [3.05, 3.63) is 18.1 Å². The number of halogens is 1. The van der Waals surface area contributed by atoms with E-state index in [1.807, 2.05) is 11.8 Å². The molecule has 5 heteroatoms. The first-order valence-corrected chi connectivity index (χ1v) is 6.45. The van der Waals surface area contributed by atoms with Crippen molar-refractivity contribution in [2.75, 3.05) is 5.75 Å². The molecule has 14 heavy (non-hydrogen) atoms. The van der Waals surface area contributed by atoms with Crippen LogP contribution in [-0.2, 0) is 6.42 Å². The van der Waals surface area contributed by atoms with Gasteiger partial charge in [-0.05, 0) is 24.2 Å². The predicted molar refractivity (Wildman–Crippen MR) is 66.0 cm³/mol.